The number of carbonyl (C=O) groups excluding carboxylic acids is 1. The van der Waals surface area contributed by atoms with Crippen molar-refractivity contribution in [1.82, 2.24) is 14.7 Å². The number of hydrogen-bond acceptors (Lipinski definition) is 3. The molecular formula is C19H23FN4O. The quantitative estimate of drug-likeness (QED) is 0.861. The summed E-state index contributed by atoms with van der Waals surface area (Å²) < 4.78 is 14.8. The van der Waals surface area contributed by atoms with Crippen LogP contribution in [0.25, 0.3) is 0 Å². The number of aryl methyl sites for hydroxylation is 1. The maximum atomic E-state index is 13.1. The third kappa shape index (κ3) is 3.06. The van der Waals surface area contributed by atoms with Gasteiger partial charge in [-0.3, -0.25) is 14.4 Å². The summed E-state index contributed by atoms with van der Waals surface area (Å²) in [5, 5.41) is 4.19. The van der Waals surface area contributed by atoms with Crippen molar-refractivity contribution >= 4 is 11.6 Å². The number of halogens is 1. The van der Waals surface area contributed by atoms with Gasteiger partial charge < -0.3 is 4.90 Å². The van der Waals surface area contributed by atoms with Crippen LogP contribution >= 0.6 is 0 Å². The smallest absolute Gasteiger partial charge is 0.234 e. The van der Waals surface area contributed by atoms with Crippen molar-refractivity contribution in [2.45, 2.75) is 25.8 Å². The van der Waals surface area contributed by atoms with Gasteiger partial charge >= 0.3 is 0 Å². The van der Waals surface area contributed by atoms with Gasteiger partial charge in [-0.15, -0.1) is 0 Å². The highest BCUT2D eigenvalue weighted by Gasteiger charge is 2.49. The Bertz CT molecular complexity index is 772. The lowest BCUT2D eigenvalue weighted by Crippen LogP contribution is -2.47. The monoisotopic (exact) mass is 342 g/mol. The molecule has 0 saturated carbocycles. The number of amides is 1. The topological polar surface area (TPSA) is 41.4 Å². The Kier molecular flexibility index (Phi) is 4.07. The summed E-state index contributed by atoms with van der Waals surface area (Å²) in [6.07, 6.45) is 6.52. The number of likely N-dealkylation sites (tertiary alicyclic amines) is 1. The highest BCUT2D eigenvalue weighted by molar-refractivity contribution is 6.00. The second kappa shape index (κ2) is 6.26. The Morgan fingerprint density at radius 3 is 2.72 bits per heavy atom. The predicted molar refractivity (Wildman–Crippen MR) is 93.5 cm³/mol. The van der Waals surface area contributed by atoms with Gasteiger partial charge in [-0.25, -0.2) is 4.39 Å². The summed E-state index contributed by atoms with van der Waals surface area (Å²) in [6, 6.07) is 6.66. The SMILES string of the molecule is Cn1cc(N2CCC3(CCCN(Cc4ccc(F)cc4)C3)C2=O)cn1. The van der Waals surface area contributed by atoms with Crippen LogP contribution in [0.1, 0.15) is 24.8 Å². The van der Waals surface area contributed by atoms with E-state index >= 15 is 0 Å². The largest absolute Gasteiger partial charge is 0.309 e. The molecule has 3 heterocycles. The van der Waals surface area contributed by atoms with E-state index in [4.69, 9.17) is 0 Å². The summed E-state index contributed by atoms with van der Waals surface area (Å²) >= 11 is 0. The van der Waals surface area contributed by atoms with Crippen LogP contribution < -0.4 is 4.90 Å². The van der Waals surface area contributed by atoms with Gasteiger partial charge in [0, 0.05) is 32.9 Å². The van der Waals surface area contributed by atoms with Crippen molar-refractivity contribution in [1.29, 1.82) is 0 Å². The molecule has 2 aromatic rings. The fourth-order valence-corrected chi connectivity index (χ4v) is 4.20. The minimum Gasteiger partial charge on any atom is -0.309 e. The van der Waals surface area contributed by atoms with Crippen LogP contribution in [-0.4, -0.2) is 40.2 Å². The van der Waals surface area contributed by atoms with Crippen LogP contribution in [0.4, 0.5) is 10.1 Å². The average Bonchev–Trinajstić information content (AvgIpc) is 3.15. The van der Waals surface area contributed by atoms with E-state index in [0.717, 1.165) is 56.7 Å². The number of aromatic nitrogens is 2. The first kappa shape index (κ1) is 16.3. The Hall–Kier alpha value is -2.21. The maximum absolute atomic E-state index is 13.1. The molecule has 4 rings (SSSR count). The zero-order chi connectivity index (χ0) is 17.4. The summed E-state index contributed by atoms with van der Waals surface area (Å²) in [5.74, 6) is 0.0150. The van der Waals surface area contributed by atoms with E-state index in [1.807, 2.05) is 30.3 Å². The molecular weight excluding hydrogens is 319 g/mol. The van der Waals surface area contributed by atoms with E-state index in [1.165, 1.54) is 12.1 Å². The lowest BCUT2D eigenvalue weighted by Gasteiger charge is -2.39. The Morgan fingerprint density at radius 1 is 1.20 bits per heavy atom. The molecule has 0 N–H and O–H groups in total. The van der Waals surface area contributed by atoms with Crippen molar-refractivity contribution in [3.05, 3.63) is 48.0 Å². The number of nitrogens with zero attached hydrogens (tertiary/aromatic N) is 4. The molecule has 132 valence electrons. The molecule has 0 bridgehead atoms. The molecule has 25 heavy (non-hydrogen) atoms. The average molecular weight is 342 g/mol. The highest BCUT2D eigenvalue weighted by Crippen LogP contribution is 2.42. The van der Waals surface area contributed by atoms with Crippen LogP contribution in [-0.2, 0) is 18.4 Å². The van der Waals surface area contributed by atoms with Crippen LogP contribution in [0.15, 0.2) is 36.7 Å². The van der Waals surface area contributed by atoms with Crippen LogP contribution in [0.5, 0.6) is 0 Å². The molecule has 2 saturated heterocycles. The van der Waals surface area contributed by atoms with Crippen molar-refractivity contribution in [3.8, 4) is 0 Å². The summed E-state index contributed by atoms with van der Waals surface area (Å²) in [5.41, 5.74) is 1.70. The first-order chi connectivity index (χ1) is 12.1. The number of hydrogen-bond donors (Lipinski definition) is 0. The standard InChI is InChI=1S/C19H23FN4O/c1-22-13-17(11-21-22)24-10-8-19(18(24)25)7-2-9-23(14-19)12-15-3-5-16(20)6-4-15/h3-6,11,13H,2,7-10,12,14H2,1H3. The fraction of sp³-hybridized carbons (Fsp3) is 0.474. The minimum absolute atomic E-state index is 0.211. The molecule has 1 unspecified atom stereocenters. The maximum Gasteiger partial charge on any atom is 0.234 e. The Balaban J connectivity index is 1.48. The van der Waals surface area contributed by atoms with Gasteiger partial charge in [-0.2, -0.15) is 5.10 Å². The van der Waals surface area contributed by atoms with Gasteiger partial charge in [0.15, 0.2) is 0 Å². The third-order valence-corrected chi connectivity index (χ3v) is 5.49. The summed E-state index contributed by atoms with van der Waals surface area (Å²) in [6.45, 7) is 3.29. The highest BCUT2D eigenvalue weighted by atomic mass is 19.1. The van der Waals surface area contributed by atoms with E-state index in [0.29, 0.717) is 0 Å². The molecule has 2 aliphatic heterocycles. The fourth-order valence-electron chi connectivity index (χ4n) is 4.20. The Labute approximate surface area is 147 Å². The van der Waals surface area contributed by atoms with Gasteiger partial charge in [0.05, 0.1) is 17.3 Å². The minimum atomic E-state index is -0.284. The van der Waals surface area contributed by atoms with Gasteiger partial charge in [-0.05, 0) is 43.5 Å². The summed E-state index contributed by atoms with van der Waals surface area (Å²) in [7, 11) is 1.87. The van der Waals surface area contributed by atoms with Crippen molar-refractivity contribution in [2.75, 3.05) is 24.5 Å². The van der Waals surface area contributed by atoms with Crippen LogP contribution in [0.3, 0.4) is 0 Å². The van der Waals surface area contributed by atoms with E-state index in [-0.39, 0.29) is 17.1 Å². The lowest BCUT2D eigenvalue weighted by molar-refractivity contribution is -0.128. The van der Waals surface area contributed by atoms with E-state index in [9.17, 15) is 9.18 Å². The van der Waals surface area contributed by atoms with Crippen molar-refractivity contribution in [2.24, 2.45) is 12.5 Å². The molecule has 5 nitrogen and oxygen atoms in total. The van der Waals surface area contributed by atoms with Crippen LogP contribution in [0.2, 0.25) is 0 Å². The molecule has 0 aliphatic carbocycles. The van der Waals surface area contributed by atoms with Crippen molar-refractivity contribution < 1.29 is 9.18 Å². The second-order valence-corrected chi connectivity index (χ2v) is 7.30. The van der Waals surface area contributed by atoms with Gasteiger partial charge in [0.2, 0.25) is 5.91 Å². The molecule has 1 atom stereocenters. The molecule has 1 aromatic heterocycles. The number of benzene rings is 1. The molecule has 2 aliphatic rings. The van der Waals surface area contributed by atoms with Crippen LogP contribution in [0, 0.1) is 11.2 Å². The van der Waals surface area contributed by atoms with Gasteiger partial charge in [0.25, 0.3) is 0 Å². The van der Waals surface area contributed by atoms with E-state index < -0.39 is 0 Å². The lowest BCUT2D eigenvalue weighted by atomic mass is 9.78. The number of piperidine rings is 1. The predicted octanol–water partition coefficient (Wildman–Crippen LogP) is 2.58. The third-order valence-electron chi connectivity index (χ3n) is 5.49. The normalized spacial score (nSPS) is 24.4. The zero-order valence-electron chi connectivity index (χ0n) is 14.5. The van der Waals surface area contributed by atoms with Gasteiger partial charge in [0.1, 0.15) is 5.82 Å². The van der Waals surface area contributed by atoms with E-state index in [1.54, 1.807) is 10.9 Å². The number of rotatable bonds is 3. The zero-order valence-corrected chi connectivity index (χ0v) is 14.5. The molecule has 6 heteroatoms. The second-order valence-electron chi connectivity index (χ2n) is 7.30. The number of carbonyl (C=O) groups is 1. The molecule has 1 amide bonds. The van der Waals surface area contributed by atoms with E-state index in [2.05, 4.69) is 10.00 Å². The molecule has 2 fully saturated rings. The summed E-state index contributed by atoms with van der Waals surface area (Å²) in [4.78, 5) is 17.4. The molecule has 1 spiro atoms. The molecule has 0 radical (unpaired) electrons. The molecule has 1 aromatic carbocycles. The van der Waals surface area contributed by atoms with Gasteiger partial charge in [-0.1, -0.05) is 12.1 Å². The number of anilines is 1. The first-order valence-electron chi connectivity index (χ1n) is 8.83. The Morgan fingerprint density at radius 2 is 2.00 bits per heavy atom. The van der Waals surface area contributed by atoms with Crippen molar-refractivity contribution in [3.63, 3.8) is 0 Å². The first-order valence-corrected chi connectivity index (χ1v) is 8.83.